The lowest BCUT2D eigenvalue weighted by Crippen LogP contribution is -2.14. The number of hydrogen-bond donors (Lipinski definition) is 2. The third-order valence-electron chi connectivity index (χ3n) is 2.64. The monoisotopic (exact) mass is 340 g/mol. The van der Waals surface area contributed by atoms with Crippen LogP contribution in [0.1, 0.15) is 26.5 Å². The van der Waals surface area contributed by atoms with E-state index in [1.54, 1.807) is 0 Å². The van der Waals surface area contributed by atoms with E-state index >= 15 is 0 Å². The van der Waals surface area contributed by atoms with E-state index in [1.165, 1.54) is 0 Å². The Kier molecular flexibility index (Phi) is 3.84. The molecule has 2 aromatic heterocycles. The summed E-state index contributed by atoms with van der Waals surface area (Å²) in [7, 11) is 0. The van der Waals surface area contributed by atoms with Gasteiger partial charge in [-0.1, -0.05) is 0 Å². The number of carboxylic acid groups (broad SMARTS) is 2. The summed E-state index contributed by atoms with van der Waals surface area (Å²) < 4.78 is 67.2. The van der Waals surface area contributed by atoms with Crippen molar-refractivity contribution in [1.29, 1.82) is 0 Å². The number of alkyl halides is 5. The van der Waals surface area contributed by atoms with Crippen molar-refractivity contribution in [2.24, 2.45) is 0 Å². The van der Waals surface area contributed by atoms with Gasteiger partial charge in [0, 0.05) is 12.1 Å². The van der Waals surface area contributed by atoms with Crippen LogP contribution in [0.4, 0.5) is 22.0 Å². The van der Waals surface area contributed by atoms with Crippen molar-refractivity contribution in [2.75, 3.05) is 0 Å². The van der Waals surface area contributed by atoms with Crippen molar-refractivity contribution in [2.45, 2.75) is 12.8 Å². The smallest absolute Gasteiger partial charge is 0.433 e. The van der Waals surface area contributed by atoms with Crippen LogP contribution in [-0.2, 0) is 6.18 Å². The maximum absolute atomic E-state index is 13.0. The minimum atomic E-state index is -5.13. The quantitative estimate of drug-likeness (QED) is 0.829. The number of halogens is 5. The molecule has 0 aliphatic carbocycles. The van der Waals surface area contributed by atoms with Crippen LogP contribution < -0.4 is 4.74 Å². The van der Waals surface area contributed by atoms with Crippen molar-refractivity contribution >= 4 is 17.5 Å². The number of rotatable bonds is 4. The van der Waals surface area contributed by atoms with Gasteiger partial charge >= 0.3 is 24.7 Å². The summed E-state index contributed by atoms with van der Waals surface area (Å²) in [6, 6.07) is 0.688. The van der Waals surface area contributed by atoms with Gasteiger partial charge in [0.25, 0.3) is 0 Å². The summed E-state index contributed by atoms with van der Waals surface area (Å²) in [6.45, 7) is -3.46. The van der Waals surface area contributed by atoms with Gasteiger partial charge in [-0.3, -0.25) is 0 Å². The average Bonchev–Trinajstić information content (AvgIpc) is 2.75. The zero-order chi connectivity index (χ0) is 17.5. The van der Waals surface area contributed by atoms with Crippen LogP contribution in [0.5, 0.6) is 5.75 Å². The van der Waals surface area contributed by atoms with Crippen LogP contribution in [0.15, 0.2) is 12.1 Å². The van der Waals surface area contributed by atoms with Crippen molar-refractivity contribution in [3.05, 3.63) is 29.1 Å². The second kappa shape index (κ2) is 5.37. The Morgan fingerprint density at radius 2 is 1.78 bits per heavy atom. The second-order valence-corrected chi connectivity index (χ2v) is 4.08. The van der Waals surface area contributed by atoms with Crippen molar-refractivity contribution in [3.8, 4) is 5.75 Å². The molecule has 0 saturated carbocycles. The molecular weight excluding hydrogens is 335 g/mol. The summed E-state index contributed by atoms with van der Waals surface area (Å²) in [5.74, 6) is -4.77. The maximum atomic E-state index is 13.0. The number of pyridine rings is 1. The van der Waals surface area contributed by atoms with Gasteiger partial charge in [0.1, 0.15) is 17.0 Å². The molecule has 0 spiro atoms. The van der Waals surface area contributed by atoms with Gasteiger partial charge in [-0.15, -0.1) is 0 Å². The molecule has 124 valence electrons. The molecule has 0 aliphatic rings. The zero-order valence-corrected chi connectivity index (χ0v) is 10.6. The minimum Gasteiger partial charge on any atom is -0.478 e. The Labute approximate surface area is 122 Å². The van der Waals surface area contributed by atoms with E-state index in [2.05, 4.69) is 9.84 Å². The van der Waals surface area contributed by atoms with Crippen LogP contribution in [-0.4, -0.2) is 38.4 Å². The number of hydrogen-bond acceptors (Lipinski definition) is 4. The summed E-state index contributed by atoms with van der Waals surface area (Å²) in [4.78, 5) is 22.1. The molecule has 7 nitrogen and oxygen atoms in total. The second-order valence-electron chi connectivity index (χ2n) is 4.08. The summed E-state index contributed by atoms with van der Waals surface area (Å²) in [5, 5.41) is 20.9. The average molecular weight is 340 g/mol. The summed E-state index contributed by atoms with van der Waals surface area (Å²) in [5.41, 5.74) is -4.76. The van der Waals surface area contributed by atoms with Crippen LogP contribution in [0.3, 0.4) is 0 Å². The molecule has 0 aromatic carbocycles. The van der Waals surface area contributed by atoms with Crippen molar-refractivity contribution < 1.29 is 46.5 Å². The fraction of sp³-hybridized carbons (Fsp3) is 0.182. The van der Waals surface area contributed by atoms with E-state index < -0.39 is 52.9 Å². The van der Waals surface area contributed by atoms with E-state index in [0.717, 1.165) is 0 Å². The third kappa shape index (κ3) is 3.00. The van der Waals surface area contributed by atoms with E-state index in [-0.39, 0.29) is 10.6 Å². The molecule has 0 saturated heterocycles. The number of aromatic nitrogens is 2. The first kappa shape index (κ1) is 16.5. The highest BCUT2D eigenvalue weighted by molar-refractivity contribution is 6.06. The highest BCUT2D eigenvalue weighted by Gasteiger charge is 2.37. The van der Waals surface area contributed by atoms with Gasteiger partial charge in [-0.2, -0.15) is 27.1 Å². The van der Waals surface area contributed by atoms with E-state index in [1.807, 2.05) is 0 Å². The molecule has 2 heterocycles. The van der Waals surface area contributed by atoms with Gasteiger partial charge in [0.05, 0.1) is 5.52 Å². The number of carbonyl (C=O) groups is 2. The molecular formula is C11H5F5N2O5. The molecule has 0 unspecified atom stereocenters. The minimum absolute atomic E-state index is 0.00519. The molecule has 0 amide bonds. The number of nitrogens with zero attached hydrogens (tertiary/aromatic N) is 2. The Hall–Kier alpha value is -2.92. The first-order chi connectivity index (χ1) is 10.5. The maximum Gasteiger partial charge on any atom is 0.433 e. The molecule has 0 bridgehead atoms. The predicted molar refractivity (Wildman–Crippen MR) is 60.7 cm³/mol. The summed E-state index contributed by atoms with van der Waals surface area (Å²) in [6.07, 6.45) is -5.13. The van der Waals surface area contributed by atoms with Crippen LogP contribution in [0.25, 0.3) is 5.52 Å². The first-order valence-electron chi connectivity index (χ1n) is 5.57. The highest BCUT2D eigenvalue weighted by Crippen LogP contribution is 2.34. The lowest BCUT2D eigenvalue weighted by Gasteiger charge is -2.12. The van der Waals surface area contributed by atoms with Crippen LogP contribution >= 0.6 is 0 Å². The van der Waals surface area contributed by atoms with E-state index in [4.69, 9.17) is 10.2 Å². The molecule has 2 aromatic rings. The molecule has 0 aliphatic heterocycles. The Morgan fingerprint density at radius 1 is 1.17 bits per heavy atom. The van der Waals surface area contributed by atoms with Crippen LogP contribution in [0.2, 0.25) is 0 Å². The molecule has 2 rings (SSSR count). The molecule has 12 heteroatoms. The fourth-order valence-corrected chi connectivity index (χ4v) is 1.85. The fourth-order valence-electron chi connectivity index (χ4n) is 1.85. The van der Waals surface area contributed by atoms with E-state index in [0.29, 0.717) is 6.07 Å². The van der Waals surface area contributed by atoms with Crippen molar-refractivity contribution in [1.82, 2.24) is 9.61 Å². The number of fused-ring (bicyclic) bond motifs is 1. The lowest BCUT2D eigenvalue weighted by atomic mass is 10.2. The Bertz CT molecular complexity index is 798. The number of ether oxygens (including phenoxy) is 1. The van der Waals surface area contributed by atoms with Crippen molar-refractivity contribution in [3.63, 3.8) is 0 Å². The van der Waals surface area contributed by atoms with Gasteiger partial charge < -0.3 is 14.9 Å². The largest absolute Gasteiger partial charge is 0.478 e. The van der Waals surface area contributed by atoms with Gasteiger partial charge in [0.15, 0.2) is 5.69 Å². The molecule has 2 N–H and O–H groups in total. The van der Waals surface area contributed by atoms with Crippen LogP contribution in [0, 0.1) is 0 Å². The zero-order valence-electron chi connectivity index (χ0n) is 10.6. The first-order valence-corrected chi connectivity index (χ1v) is 5.57. The standard InChI is InChI=1S/C11H5F5N2O5/c12-10(13)23-3-1-4-6(8(19)20)7(9(21)22)17-18(4)5(2-3)11(14,15)16/h1-2,10H,(H,19,20)(H,21,22). The topological polar surface area (TPSA) is 101 Å². The lowest BCUT2D eigenvalue weighted by molar-refractivity contribution is -0.143. The molecule has 0 radical (unpaired) electrons. The number of carboxylic acids is 2. The van der Waals surface area contributed by atoms with Gasteiger partial charge in [-0.05, 0) is 0 Å². The Morgan fingerprint density at radius 3 is 2.22 bits per heavy atom. The Balaban J connectivity index is 2.90. The molecule has 0 fully saturated rings. The van der Waals surface area contributed by atoms with Gasteiger partial charge in [-0.25, -0.2) is 14.1 Å². The summed E-state index contributed by atoms with van der Waals surface area (Å²) >= 11 is 0. The normalized spacial score (nSPS) is 11.9. The highest BCUT2D eigenvalue weighted by atomic mass is 19.4. The van der Waals surface area contributed by atoms with E-state index in [9.17, 15) is 31.5 Å². The SMILES string of the molecule is O=C(O)c1nn2c(C(F)(F)F)cc(OC(F)F)cc2c1C(=O)O. The molecule has 23 heavy (non-hydrogen) atoms. The van der Waals surface area contributed by atoms with Gasteiger partial charge in [0.2, 0.25) is 0 Å². The molecule has 0 atom stereocenters. The predicted octanol–water partition coefficient (Wildman–Crippen LogP) is 2.35. The third-order valence-corrected chi connectivity index (χ3v) is 2.64. The number of aromatic carboxylic acids is 2.